The Morgan fingerprint density at radius 1 is 1.58 bits per heavy atom. The molecule has 2 rings (SSSR count). The summed E-state index contributed by atoms with van der Waals surface area (Å²) in [4.78, 5) is 19.5. The van der Waals surface area contributed by atoms with Gasteiger partial charge in [-0.3, -0.25) is 0 Å². The van der Waals surface area contributed by atoms with Crippen LogP contribution in [-0.4, -0.2) is 15.2 Å². The highest BCUT2D eigenvalue weighted by molar-refractivity contribution is 7.54. The van der Waals surface area contributed by atoms with Crippen LogP contribution in [0.4, 0.5) is 4.79 Å². The van der Waals surface area contributed by atoms with Gasteiger partial charge in [-0.25, -0.2) is 9.78 Å². The van der Waals surface area contributed by atoms with Gasteiger partial charge in [0.15, 0.2) is 5.38 Å². The zero-order chi connectivity index (χ0) is 8.55. The molecule has 2 N–H and O–H groups in total. The number of hydrogen-bond donors (Lipinski definition) is 1. The molecule has 12 heavy (non-hydrogen) atoms. The Bertz CT molecular complexity index is 437. The molecular formula is C7H6N3OS+. The van der Waals surface area contributed by atoms with Gasteiger partial charge in [0, 0.05) is 12.3 Å². The molecule has 2 aromatic heterocycles. The van der Waals surface area contributed by atoms with E-state index < -0.39 is 10.5 Å². The molecule has 0 aromatic carbocycles. The van der Waals surface area contributed by atoms with E-state index in [0.29, 0.717) is 0 Å². The van der Waals surface area contributed by atoms with Crippen molar-refractivity contribution in [3.8, 4) is 0 Å². The monoisotopic (exact) mass is 180 g/mol. The smallest absolute Gasteiger partial charge is 0.320 e. The fraction of sp³-hybridized carbons (Fsp3) is 0. The summed E-state index contributed by atoms with van der Waals surface area (Å²) in [6.45, 7) is 0. The van der Waals surface area contributed by atoms with E-state index in [1.807, 2.05) is 6.07 Å². The van der Waals surface area contributed by atoms with Gasteiger partial charge in [0.05, 0.1) is 5.39 Å². The van der Waals surface area contributed by atoms with Crippen LogP contribution < -0.4 is 5.73 Å². The lowest BCUT2D eigenvalue weighted by Crippen LogP contribution is -2.02. The molecule has 0 saturated heterocycles. The Labute approximate surface area is 71.0 Å². The molecule has 2 aromatic rings. The molecule has 5 heteroatoms. The maximum atomic E-state index is 10.9. The van der Waals surface area contributed by atoms with Gasteiger partial charge in [0.1, 0.15) is 16.8 Å². The highest BCUT2D eigenvalue weighted by Gasteiger charge is 2.19. The summed E-state index contributed by atoms with van der Waals surface area (Å²) in [5, 5.41) is 2.31. The topological polar surface area (TPSA) is 68.9 Å². The standard InChI is InChI=1S/C7H5N3OS/c8-7(11)12-2-1-5-3-9-4-10-6(5)12/h1-4H,(H-,8,11)/p+1. The van der Waals surface area contributed by atoms with Crippen molar-refractivity contribution in [2.45, 2.75) is 0 Å². The number of hydrogen-bond acceptors (Lipinski definition) is 3. The Kier molecular flexibility index (Phi) is 1.51. The van der Waals surface area contributed by atoms with Crippen molar-refractivity contribution in [1.29, 1.82) is 0 Å². The van der Waals surface area contributed by atoms with E-state index in [2.05, 4.69) is 9.97 Å². The summed E-state index contributed by atoms with van der Waals surface area (Å²) in [6, 6.07) is 1.82. The van der Waals surface area contributed by atoms with Gasteiger partial charge in [0.2, 0.25) is 0 Å². The second-order valence-corrected chi connectivity index (χ2v) is 3.98. The fourth-order valence-electron chi connectivity index (χ4n) is 0.995. The van der Waals surface area contributed by atoms with E-state index >= 15 is 0 Å². The predicted molar refractivity (Wildman–Crippen MR) is 47.0 cm³/mol. The Morgan fingerprint density at radius 3 is 3.17 bits per heavy atom. The molecule has 0 radical (unpaired) electrons. The molecule has 0 saturated carbocycles. The first-order valence-electron chi connectivity index (χ1n) is 3.30. The van der Waals surface area contributed by atoms with E-state index in [0.717, 1.165) is 10.2 Å². The number of aromatic nitrogens is 2. The van der Waals surface area contributed by atoms with Gasteiger partial charge >= 0.3 is 5.24 Å². The third kappa shape index (κ3) is 0.947. The number of carbonyl (C=O) groups excluding carboxylic acids is 1. The SMILES string of the molecule is NC(=O)[s+]1ccc2cncnc21. The van der Waals surface area contributed by atoms with Crippen molar-refractivity contribution in [3.05, 3.63) is 24.0 Å². The summed E-state index contributed by atoms with van der Waals surface area (Å²) in [5.41, 5.74) is 5.17. The molecule has 1 unspecified atom stereocenters. The van der Waals surface area contributed by atoms with Gasteiger partial charge < -0.3 is 5.73 Å². The highest BCUT2D eigenvalue weighted by atomic mass is 32.2. The Hall–Kier alpha value is -1.49. The van der Waals surface area contributed by atoms with Gasteiger partial charge in [-0.15, -0.1) is 0 Å². The number of thiophene rings is 1. The molecule has 0 bridgehead atoms. The molecule has 0 aliphatic heterocycles. The van der Waals surface area contributed by atoms with E-state index in [1.165, 1.54) is 6.33 Å². The lowest BCUT2D eigenvalue weighted by Gasteiger charge is -1.81. The number of carbonyl (C=O) groups is 1. The fourth-order valence-corrected chi connectivity index (χ4v) is 2.27. The largest absolute Gasteiger partial charge is 0.455 e. The third-order valence-electron chi connectivity index (χ3n) is 1.51. The molecule has 1 amide bonds. The summed E-state index contributed by atoms with van der Waals surface area (Å²) < 4.78 is 0. The highest BCUT2D eigenvalue weighted by Crippen LogP contribution is 2.28. The number of nitrogens with zero attached hydrogens (tertiary/aromatic N) is 2. The van der Waals surface area contributed by atoms with Crippen molar-refractivity contribution in [3.63, 3.8) is 0 Å². The molecular weight excluding hydrogens is 174 g/mol. The summed E-state index contributed by atoms with van der Waals surface area (Å²) >= 11 is 0. The summed E-state index contributed by atoms with van der Waals surface area (Å²) in [5.74, 6) is 0. The normalized spacial score (nSPS) is 11.8. The Balaban J connectivity index is 2.79. The minimum absolute atomic E-state index is 0.344. The van der Waals surface area contributed by atoms with Crippen LogP contribution in [0.2, 0.25) is 0 Å². The van der Waals surface area contributed by atoms with Crippen LogP contribution in [0.1, 0.15) is 0 Å². The minimum Gasteiger partial charge on any atom is -0.320 e. The van der Waals surface area contributed by atoms with E-state index in [-0.39, 0.29) is 5.24 Å². The van der Waals surface area contributed by atoms with E-state index in [9.17, 15) is 4.79 Å². The quantitative estimate of drug-likeness (QED) is 0.672. The number of nitrogens with two attached hydrogens (primary N) is 1. The van der Waals surface area contributed by atoms with Crippen molar-refractivity contribution in [2.24, 2.45) is 5.73 Å². The number of rotatable bonds is 1. The van der Waals surface area contributed by atoms with Crippen LogP contribution in [0.5, 0.6) is 0 Å². The van der Waals surface area contributed by atoms with Crippen molar-refractivity contribution >= 4 is 25.9 Å². The molecule has 0 fully saturated rings. The zero-order valence-corrected chi connectivity index (χ0v) is 6.91. The summed E-state index contributed by atoms with van der Waals surface area (Å²) in [6.07, 6.45) is 3.10. The second-order valence-electron chi connectivity index (χ2n) is 2.24. The van der Waals surface area contributed by atoms with Crippen molar-refractivity contribution < 1.29 is 4.79 Å². The first-order valence-corrected chi connectivity index (χ1v) is 4.58. The number of primary amides is 1. The van der Waals surface area contributed by atoms with Gasteiger partial charge in [-0.2, -0.15) is 4.98 Å². The van der Waals surface area contributed by atoms with E-state index in [4.69, 9.17) is 5.73 Å². The molecule has 0 aliphatic carbocycles. The third-order valence-corrected chi connectivity index (χ3v) is 3.11. The molecule has 2 heterocycles. The van der Waals surface area contributed by atoms with Gasteiger partial charge in [-0.05, 0) is 0 Å². The second kappa shape index (κ2) is 2.53. The van der Waals surface area contributed by atoms with Gasteiger partial charge in [-0.1, -0.05) is 0 Å². The molecule has 0 spiro atoms. The van der Waals surface area contributed by atoms with Crippen molar-refractivity contribution in [2.75, 3.05) is 0 Å². The first-order chi connectivity index (χ1) is 5.79. The zero-order valence-electron chi connectivity index (χ0n) is 6.10. The number of fused-ring (bicyclic) bond motifs is 1. The predicted octanol–water partition coefficient (Wildman–Crippen LogP) is 1.31. The number of amides is 1. The molecule has 4 nitrogen and oxygen atoms in total. The van der Waals surface area contributed by atoms with Crippen molar-refractivity contribution in [1.82, 2.24) is 9.97 Å². The van der Waals surface area contributed by atoms with Crippen LogP contribution in [-0.2, 0) is 0 Å². The van der Waals surface area contributed by atoms with Gasteiger partial charge in [0.25, 0.3) is 4.83 Å². The Morgan fingerprint density at radius 2 is 2.42 bits per heavy atom. The van der Waals surface area contributed by atoms with Crippen LogP contribution >= 0.6 is 10.5 Å². The maximum Gasteiger partial charge on any atom is 0.455 e. The molecule has 1 atom stereocenters. The lowest BCUT2D eigenvalue weighted by molar-refractivity contribution is 0.266. The lowest BCUT2D eigenvalue weighted by atomic mass is 10.4. The average molecular weight is 180 g/mol. The van der Waals surface area contributed by atoms with Crippen LogP contribution in [0.3, 0.4) is 0 Å². The molecule has 60 valence electrons. The summed E-state index contributed by atoms with van der Waals surface area (Å²) in [7, 11) is -0.647. The maximum absolute atomic E-state index is 10.9. The first kappa shape index (κ1) is 7.17. The van der Waals surface area contributed by atoms with Crippen LogP contribution in [0.25, 0.3) is 10.2 Å². The van der Waals surface area contributed by atoms with E-state index in [1.54, 1.807) is 11.6 Å². The minimum atomic E-state index is -0.647. The molecule has 0 aliphatic rings. The average Bonchev–Trinajstić information content (AvgIpc) is 2.47. The van der Waals surface area contributed by atoms with Crippen LogP contribution in [0.15, 0.2) is 24.0 Å². The van der Waals surface area contributed by atoms with Crippen LogP contribution in [0, 0.1) is 0 Å².